The van der Waals surface area contributed by atoms with Crippen LogP contribution in [-0.4, -0.2) is 18.2 Å². The summed E-state index contributed by atoms with van der Waals surface area (Å²) in [5, 5.41) is 10.2. The van der Waals surface area contributed by atoms with E-state index in [0.717, 1.165) is 42.2 Å². The van der Waals surface area contributed by atoms with Crippen molar-refractivity contribution in [3.05, 3.63) is 28.8 Å². The Hall–Kier alpha value is -0.730. The number of nitrogens with zero attached hydrogens (tertiary/aromatic N) is 1. The summed E-state index contributed by atoms with van der Waals surface area (Å²) in [5.74, 6) is 0. The molecule has 1 aromatic rings. The maximum absolute atomic E-state index is 9.51. The van der Waals surface area contributed by atoms with Crippen LogP contribution in [0.5, 0.6) is 0 Å². The van der Waals surface area contributed by atoms with Gasteiger partial charge in [-0.25, -0.2) is 0 Å². The minimum atomic E-state index is -0.465. The van der Waals surface area contributed by atoms with Crippen LogP contribution in [0.4, 0.5) is 5.69 Å². The molecule has 0 unspecified atom stereocenters. The first-order valence-electron chi connectivity index (χ1n) is 6.32. The lowest BCUT2D eigenvalue weighted by atomic mass is 10.1. The monoisotopic (exact) mass is 255 g/mol. The third-order valence-electron chi connectivity index (χ3n) is 2.78. The Kier molecular flexibility index (Phi) is 5.79. The Morgan fingerprint density at radius 2 is 1.82 bits per heavy atom. The molecule has 0 saturated carbocycles. The van der Waals surface area contributed by atoms with Crippen molar-refractivity contribution in [1.29, 1.82) is 0 Å². The summed E-state index contributed by atoms with van der Waals surface area (Å²) in [5.41, 5.74) is 1.94. The molecule has 1 N–H and O–H groups in total. The highest BCUT2D eigenvalue weighted by molar-refractivity contribution is 6.33. The van der Waals surface area contributed by atoms with Crippen LogP contribution in [0.3, 0.4) is 0 Å². The fraction of sp³-hybridized carbons (Fsp3) is 0.571. The molecular weight excluding hydrogens is 234 g/mol. The van der Waals surface area contributed by atoms with E-state index in [1.807, 2.05) is 18.2 Å². The van der Waals surface area contributed by atoms with Gasteiger partial charge < -0.3 is 10.0 Å². The molecule has 17 heavy (non-hydrogen) atoms. The molecule has 0 aliphatic carbocycles. The molecule has 0 aromatic heterocycles. The van der Waals surface area contributed by atoms with Gasteiger partial charge >= 0.3 is 0 Å². The van der Waals surface area contributed by atoms with E-state index < -0.39 is 6.10 Å². The number of rotatable bonds is 6. The summed E-state index contributed by atoms with van der Waals surface area (Å²) < 4.78 is 0. The van der Waals surface area contributed by atoms with Crippen molar-refractivity contribution < 1.29 is 5.11 Å². The van der Waals surface area contributed by atoms with Crippen LogP contribution in [0.25, 0.3) is 0 Å². The maximum atomic E-state index is 9.51. The first-order chi connectivity index (χ1) is 8.10. The highest BCUT2D eigenvalue weighted by atomic mass is 35.5. The Morgan fingerprint density at radius 1 is 1.24 bits per heavy atom. The minimum Gasteiger partial charge on any atom is -0.389 e. The van der Waals surface area contributed by atoms with Crippen LogP contribution in [-0.2, 0) is 0 Å². The van der Waals surface area contributed by atoms with E-state index in [1.165, 1.54) is 0 Å². The lowest BCUT2D eigenvalue weighted by molar-refractivity contribution is 0.199. The fourth-order valence-electron chi connectivity index (χ4n) is 1.93. The molecule has 0 radical (unpaired) electrons. The molecule has 1 aromatic carbocycles. The second-order valence-corrected chi connectivity index (χ2v) is 4.78. The first kappa shape index (κ1) is 14.3. The van der Waals surface area contributed by atoms with Crippen molar-refractivity contribution in [3.63, 3.8) is 0 Å². The van der Waals surface area contributed by atoms with Crippen LogP contribution in [0.2, 0.25) is 5.02 Å². The number of hydrogen-bond acceptors (Lipinski definition) is 2. The lowest BCUT2D eigenvalue weighted by Gasteiger charge is -2.25. The van der Waals surface area contributed by atoms with Gasteiger partial charge in [0, 0.05) is 13.1 Å². The van der Waals surface area contributed by atoms with Crippen LogP contribution >= 0.6 is 11.6 Å². The second kappa shape index (κ2) is 6.87. The molecule has 0 aliphatic rings. The van der Waals surface area contributed by atoms with Crippen molar-refractivity contribution in [1.82, 2.24) is 0 Å². The van der Waals surface area contributed by atoms with Gasteiger partial charge in [0.2, 0.25) is 0 Å². The van der Waals surface area contributed by atoms with E-state index in [0.29, 0.717) is 0 Å². The van der Waals surface area contributed by atoms with Gasteiger partial charge in [-0.3, -0.25) is 0 Å². The van der Waals surface area contributed by atoms with Gasteiger partial charge in [0.05, 0.1) is 16.8 Å². The predicted molar refractivity (Wildman–Crippen MR) is 74.9 cm³/mol. The number of hydrogen-bond donors (Lipinski definition) is 1. The van der Waals surface area contributed by atoms with E-state index in [1.54, 1.807) is 6.92 Å². The van der Waals surface area contributed by atoms with Gasteiger partial charge in [-0.15, -0.1) is 0 Å². The van der Waals surface area contributed by atoms with Crippen LogP contribution in [0.15, 0.2) is 18.2 Å². The van der Waals surface area contributed by atoms with E-state index >= 15 is 0 Å². The minimum absolute atomic E-state index is 0.465. The number of aliphatic hydroxyl groups excluding tert-OH is 1. The predicted octanol–water partition coefficient (Wildman–Crippen LogP) is 4.02. The molecule has 1 rings (SSSR count). The molecule has 0 aliphatic heterocycles. The van der Waals surface area contributed by atoms with Gasteiger partial charge in [-0.1, -0.05) is 31.5 Å². The summed E-state index contributed by atoms with van der Waals surface area (Å²) >= 11 is 6.29. The maximum Gasteiger partial charge on any atom is 0.0762 e. The molecule has 0 bridgehead atoms. The van der Waals surface area contributed by atoms with Gasteiger partial charge in [0.25, 0.3) is 0 Å². The number of halogens is 1. The first-order valence-corrected chi connectivity index (χ1v) is 6.70. The van der Waals surface area contributed by atoms with Gasteiger partial charge in [-0.05, 0) is 37.5 Å². The zero-order valence-electron chi connectivity index (χ0n) is 10.9. The normalized spacial score (nSPS) is 12.5. The summed E-state index contributed by atoms with van der Waals surface area (Å²) in [6.07, 6.45) is 1.75. The molecule has 3 heteroatoms. The van der Waals surface area contributed by atoms with Crippen molar-refractivity contribution >= 4 is 17.3 Å². The largest absolute Gasteiger partial charge is 0.389 e. The van der Waals surface area contributed by atoms with Gasteiger partial charge in [-0.2, -0.15) is 0 Å². The number of aliphatic hydroxyl groups is 1. The Morgan fingerprint density at radius 3 is 2.24 bits per heavy atom. The molecule has 0 amide bonds. The van der Waals surface area contributed by atoms with E-state index in [9.17, 15) is 5.11 Å². The topological polar surface area (TPSA) is 23.5 Å². The highest BCUT2D eigenvalue weighted by Gasteiger charge is 2.10. The average Bonchev–Trinajstić information content (AvgIpc) is 2.28. The van der Waals surface area contributed by atoms with Crippen LogP contribution in [0.1, 0.15) is 45.3 Å². The number of benzene rings is 1. The summed E-state index contributed by atoms with van der Waals surface area (Å²) in [6, 6.07) is 5.82. The van der Waals surface area contributed by atoms with Crippen LogP contribution in [0, 0.1) is 0 Å². The van der Waals surface area contributed by atoms with E-state index in [2.05, 4.69) is 18.7 Å². The Balaban J connectivity index is 2.95. The zero-order chi connectivity index (χ0) is 12.8. The smallest absolute Gasteiger partial charge is 0.0762 e. The molecule has 96 valence electrons. The lowest BCUT2D eigenvalue weighted by Crippen LogP contribution is -2.25. The van der Waals surface area contributed by atoms with Gasteiger partial charge in [0.15, 0.2) is 0 Å². The second-order valence-electron chi connectivity index (χ2n) is 4.37. The fourth-order valence-corrected chi connectivity index (χ4v) is 2.24. The van der Waals surface area contributed by atoms with Crippen molar-refractivity contribution in [2.24, 2.45) is 0 Å². The Bertz CT molecular complexity index is 346. The van der Waals surface area contributed by atoms with Crippen molar-refractivity contribution in [2.75, 3.05) is 18.0 Å². The van der Waals surface area contributed by atoms with E-state index in [-0.39, 0.29) is 0 Å². The Labute approximate surface area is 109 Å². The molecule has 0 spiro atoms. The average molecular weight is 256 g/mol. The van der Waals surface area contributed by atoms with E-state index in [4.69, 9.17) is 11.6 Å². The molecule has 0 saturated heterocycles. The van der Waals surface area contributed by atoms with Crippen LogP contribution < -0.4 is 4.90 Å². The quantitative estimate of drug-likeness (QED) is 0.830. The summed E-state index contributed by atoms with van der Waals surface area (Å²) in [6.45, 7) is 8.12. The SMILES string of the molecule is CCCN(CCC)c1ccc([C@@H](C)O)cc1Cl. The number of anilines is 1. The summed E-state index contributed by atoms with van der Waals surface area (Å²) in [4.78, 5) is 2.30. The summed E-state index contributed by atoms with van der Waals surface area (Å²) in [7, 11) is 0. The molecule has 0 heterocycles. The molecule has 1 atom stereocenters. The molecule has 2 nitrogen and oxygen atoms in total. The molecular formula is C14H22ClNO. The standard InChI is InChI=1S/C14H22ClNO/c1-4-8-16(9-5-2)14-7-6-12(11(3)17)10-13(14)15/h6-7,10-11,17H,4-5,8-9H2,1-3H3/t11-/m1/s1. The van der Waals surface area contributed by atoms with Gasteiger partial charge in [0.1, 0.15) is 0 Å². The third kappa shape index (κ3) is 3.90. The van der Waals surface area contributed by atoms with Crippen molar-refractivity contribution in [3.8, 4) is 0 Å². The zero-order valence-corrected chi connectivity index (χ0v) is 11.7. The third-order valence-corrected chi connectivity index (χ3v) is 3.08. The van der Waals surface area contributed by atoms with Crippen molar-refractivity contribution in [2.45, 2.75) is 39.7 Å². The highest BCUT2D eigenvalue weighted by Crippen LogP contribution is 2.29. The molecule has 0 fully saturated rings.